The van der Waals surface area contributed by atoms with E-state index in [2.05, 4.69) is 31.1 Å². The van der Waals surface area contributed by atoms with Gasteiger partial charge in [-0.05, 0) is 48.8 Å². The predicted molar refractivity (Wildman–Crippen MR) is 84.3 cm³/mol. The minimum absolute atomic E-state index is 0.256. The van der Waals surface area contributed by atoms with Gasteiger partial charge in [-0.3, -0.25) is 0 Å². The molecule has 1 aromatic heterocycles. The fourth-order valence-electron chi connectivity index (χ4n) is 2.93. The molecule has 1 aliphatic carbocycles. The van der Waals surface area contributed by atoms with E-state index in [9.17, 15) is 4.79 Å². The molecule has 1 N–H and O–H groups in total. The molecule has 0 bridgehead atoms. The van der Waals surface area contributed by atoms with Crippen molar-refractivity contribution in [3.8, 4) is 0 Å². The topological polar surface area (TPSA) is 54.5 Å². The molecule has 0 spiro atoms. The SMILES string of the molecule is CC(C)(C)OC(=O)NC1[C@H]2CN(c3ccc(Br)cn3)C[C@@H]12. The first-order valence-corrected chi connectivity index (χ1v) is 7.99. The summed E-state index contributed by atoms with van der Waals surface area (Å²) in [4.78, 5) is 18.5. The molecular formula is C15H20BrN3O2. The second kappa shape index (κ2) is 5.16. The second-order valence-corrected chi connectivity index (χ2v) is 7.65. The molecule has 1 unspecified atom stereocenters. The summed E-state index contributed by atoms with van der Waals surface area (Å²) in [5.41, 5.74) is -0.443. The number of ether oxygens (including phenoxy) is 1. The highest BCUT2D eigenvalue weighted by atomic mass is 79.9. The van der Waals surface area contributed by atoms with Gasteiger partial charge < -0.3 is 15.0 Å². The number of piperidine rings is 1. The fourth-order valence-corrected chi connectivity index (χ4v) is 3.16. The Morgan fingerprint density at radius 2 is 2.05 bits per heavy atom. The highest BCUT2D eigenvalue weighted by Crippen LogP contribution is 2.46. The van der Waals surface area contributed by atoms with Crippen LogP contribution in [0.3, 0.4) is 0 Å². The van der Waals surface area contributed by atoms with Crippen LogP contribution >= 0.6 is 15.9 Å². The molecule has 6 heteroatoms. The Morgan fingerprint density at radius 3 is 2.57 bits per heavy atom. The number of carbonyl (C=O) groups is 1. The second-order valence-electron chi connectivity index (χ2n) is 6.74. The molecule has 3 rings (SSSR count). The maximum absolute atomic E-state index is 11.8. The third-order valence-corrected chi connectivity index (χ3v) is 4.38. The molecule has 1 saturated heterocycles. The number of amides is 1. The van der Waals surface area contributed by atoms with Gasteiger partial charge in [0.05, 0.1) is 0 Å². The van der Waals surface area contributed by atoms with Crippen LogP contribution in [0.4, 0.5) is 10.6 Å². The van der Waals surface area contributed by atoms with E-state index in [-0.39, 0.29) is 12.1 Å². The van der Waals surface area contributed by atoms with E-state index >= 15 is 0 Å². The van der Waals surface area contributed by atoms with Crippen LogP contribution in [0.15, 0.2) is 22.8 Å². The Bertz CT molecular complexity index is 529. The number of rotatable bonds is 2. The van der Waals surface area contributed by atoms with E-state index < -0.39 is 5.60 Å². The van der Waals surface area contributed by atoms with Gasteiger partial charge in [-0.2, -0.15) is 0 Å². The number of fused-ring (bicyclic) bond motifs is 1. The van der Waals surface area contributed by atoms with Gasteiger partial charge in [0.1, 0.15) is 11.4 Å². The number of hydrogen-bond donors (Lipinski definition) is 1. The number of alkyl carbamates (subject to hydrolysis) is 1. The number of nitrogens with one attached hydrogen (secondary N) is 1. The lowest BCUT2D eigenvalue weighted by Gasteiger charge is -2.23. The fraction of sp³-hybridized carbons (Fsp3) is 0.600. The molecule has 2 heterocycles. The van der Waals surface area contributed by atoms with Crippen LogP contribution in [0.25, 0.3) is 0 Å². The first-order chi connectivity index (χ1) is 9.83. The number of anilines is 1. The van der Waals surface area contributed by atoms with Crippen molar-refractivity contribution < 1.29 is 9.53 Å². The molecule has 0 radical (unpaired) electrons. The Hall–Kier alpha value is -1.30. The molecule has 3 atom stereocenters. The standard InChI is InChI=1S/C15H20BrN3O2/c1-15(2,3)21-14(20)18-13-10-7-19(8-11(10)13)12-5-4-9(16)6-17-12/h4-6,10-11,13H,7-8H2,1-3H3,(H,18,20)/t10-,11+,13?. The maximum atomic E-state index is 11.8. The number of carbonyl (C=O) groups excluding carboxylic acids is 1. The van der Waals surface area contributed by atoms with Gasteiger partial charge in [0.2, 0.25) is 0 Å². The minimum Gasteiger partial charge on any atom is -0.444 e. The van der Waals surface area contributed by atoms with Crippen LogP contribution in [0, 0.1) is 11.8 Å². The summed E-state index contributed by atoms with van der Waals surface area (Å²) < 4.78 is 6.28. The Morgan fingerprint density at radius 1 is 1.38 bits per heavy atom. The normalized spacial score (nSPS) is 27.2. The third-order valence-electron chi connectivity index (χ3n) is 3.91. The lowest BCUT2D eigenvalue weighted by atomic mass is 10.2. The zero-order valence-electron chi connectivity index (χ0n) is 12.5. The molecule has 1 aliphatic heterocycles. The highest BCUT2D eigenvalue weighted by Gasteiger charge is 2.57. The summed E-state index contributed by atoms with van der Waals surface area (Å²) >= 11 is 3.39. The van der Waals surface area contributed by atoms with Crippen LogP contribution in [0.2, 0.25) is 0 Å². The summed E-state index contributed by atoms with van der Waals surface area (Å²) in [6.07, 6.45) is 1.51. The van der Waals surface area contributed by atoms with Crippen molar-refractivity contribution in [3.63, 3.8) is 0 Å². The average molecular weight is 354 g/mol. The average Bonchev–Trinajstić information content (AvgIpc) is 2.83. The minimum atomic E-state index is -0.443. The number of pyridine rings is 1. The number of hydrogen-bond acceptors (Lipinski definition) is 4. The van der Waals surface area contributed by atoms with Crippen LogP contribution in [0.1, 0.15) is 20.8 Å². The number of aromatic nitrogens is 1. The van der Waals surface area contributed by atoms with E-state index in [1.54, 1.807) is 0 Å². The zero-order chi connectivity index (χ0) is 15.2. The number of halogens is 1. The van der Waals surface area contributed by atoms with Crippen molar-refractivity contribution in [1.82, 2.24) is 10.3 Å². The van der Waals surface area contributed by atoms with E-state index in [0.717, 1.165) is 23.4 Å². The van der Waals surface area contributed by atoms with E-state index in [1.807, 2.05) is 39.1 Å². The molecule has 1 aromatic rings. The van der Waals surface area contributed by atoms with Crippen molar-refractivity contribution in [3.05, 3.63) is 22.8 Å². The first kappa shape index (κ1) is 14.6. The smallest absolute Gasteiger partial charge is 0.407 e. The van der Waals surface area contributed by atoms with Gasteiger partial charge in [0.15, 0.2) is 0 Å². The van der Waals surface area contributed by atoms with Crippen LogP contribution < -0.4 is 10.2 Å². The largest absolute Gasteiger partial charge is 0.444 e. The lowest BCUT2D eigenvalue weighted by Crippen LogP contribution is -2.38. The van der Waals surface area contributed by atoms with Crippen LogP contribution in [-0.4, -0.2) is 35.8 Å². The zero-order valence-corrected chi connectivity index (χ0v) is 14.1. The molecule has 2 aliphatic rings. The molecular weight excluding hydrogens is 334 g/mol. The summed E-state index contributed by atoms with van der Waals surface area (Å²) in [5, 5.41) is 2.98. The van der Waals surface area contributed by atoms with Gasteiger partial charge in [0, 0.05) is 41.6 Å². The van der Waals surface area contributed by atoms with Gasteiger partial charge in [-0.15, -0.1) is 0 Å². The van der Waals surface area contributed by atoms with Crippen LogP contribution in [0.5, 0.6) is 0 Å². The van der Waals surface area contributed by atoms with Gasteiger partial charge in [-0.1, -0.05) is 0 Å². The molecule has 0 aromatic carbocycles. The lowest BCUT2D eigenvalue weighted by molar-refractivity contribution is 0.0518. The monoisotopic (exact) mass is 353 g/mol. The maximum Gasteiger partial charge on any atom is 0.407 e. The van der Waals surface area contributed by atoms with Crippen molar-refractivity contribution in [2.75, 3.05) is 18.0 Å². The van der Waals surface area contributed by atoms with Crippen molar-refractivity contribution in [1.29, 1.82) is 0 Å². The van der Waals surface area contributed by atoms with Gasteiger partial charge in [0.25, 0.3) is 0 Å². The Labute approximate surface area is 133 Å². The first-order valence-electron chi connectivity index (χ1n) is 7.19. The Balaban J connectivity index is 1.50. The predicted octanol–water partition coefficient (Wildman–Crippen LogP) is 2.80. The highest BCUT2D eigenvalue weighted by molar-refractivity contribution is 9.10. The molecule has 5 nitrogen and oxygen atoms in total. The summed E-state index contributed by atoms with van der Waals surface area (Å²) in [6, 6.07) is 4.28. The molecule has 1 amide bonds. The third kappa shape index (κ3) is 3.31. The van der Waals surface area contributed by atoms with E-state index in [4.69, 9.17) is 4.74 Å². The molecule has 21 heavy (non-hydrogen) atoms. The molecule has 114 valence electrons. The quantitative estimate of drug-likeness (QED) is 0.888. The van der Waals surface area contributed by atoms with Crippen molar-refractivity contribution in [2.24, 2.45) is 11.8 Å². The molecule has 1 saturated carbocycles. The summed E-state index contributed by atoms with van der Waals surface area (Å²) in [5.74, 6) is 2.03. The number of nitrogens with zero attached hydrogens (tertiary/aromatic N) is 2. The summed E-state index contributed by atoms with van der Waals surface area (Å²) in [6.45, 7) is 7.52. The van der Waals surface area contributed by atoms with Gasteiger partial charge >= 0.3 is 6.09 Å². The van der Waals surface area contributed by atoms with Gasteiger partial charge in [-0.25, -0.2) is 9.78 Å². The molecule has 2 fully saturated rings. The van der Waals surface area contributed by atoms with Crippen molar-refractivity contribution >= 4 is 27.8 Å². The summed E-state index contributed by atoms with van der Waals surface area (Å²) in [7, 11) is 0. The van der Waals surface area contributed by atoms with E-state index in [1.165, 1.54) is 0 Å². The van der Waals surface area contributed by atoms with E-state index in [0.29, 0.717) is 11.8 Å². The van der Waals surface area contributed by atoms with Crippen LogP contribution in [-0.2, 0) is 4.74 Å². The Kier molecular flexibility index (Phi) is 3.59. The van der Waals surface area contributed by atoms with Crippen molar-refractivity contribution in [2.45, 2.75) is 32.4 Å².